The van der Waals surface area contributed by atoms with Gasteiger partial charge in [-0.05, 0) is 53.3 Å². The number of hydrogen-bond acceptors (Lipinski definition) is 5. The lowest BCUT2D eigenvalue weighted by Crippen LogP contribution is -2.29. The van der Waals surface area contributed by atoms with Crippen LogP contribution in [0.4, 0.5) is 0 Å². The number of ketones is 1. The minimum absolute atomic E-state index is 0.0778. The summed E-state index contributed by atoms with van der Waals surface area (Å²) in [5, 5.41) is 11.3. The van der Waals surface area contributed by atoms with Crippen LogP contribution in [-0.4, -0.2) is 33.3 Å². The van der Waals surface area contributed by atoms with Crippen molar-refractivity contribution in [3.63, 3.8) is 0 Å². The zero-order valence-corrected chi connectivity index (χ0v) is 20.3. The van der Waals surface area contributed by atoms with Crippen LogP contribution in [0, 0.1) is 0 Å². The molecule has 0 bridgehead atoms. The lowest BCUT2D eigenvalue weighted by atomic mass is 9.93. The highest BCUT2D eigenvalue weighted by Gasteiger charge is 2.46. The first-order chi connectivity index (χ1) is 16.9. The molecule has 35 heavy (non-hydrogen) atoms. The number of carbonyl (C=O) groups is 2. The van der Waals surface area contributed by atoms with E-state index in [1.54, 1.807) is 36.7 Å². The maximum absolute atomic E-state index is 13.3. The molecular formula is C29H30N2O4. The number of aliphatic hydroxyl groups is 1. The summed E-state index contributed by atoms with van der Waals surface area (Å²) in [5.74, 6) is -0.604. The molecule has 2 heterocycles. The molecule has 1 aliphatic heterocycles. The Hall–Kier alpha value is -3.93. The molecule has 1 fully saturated rings. The van der Waals surface area contributed by atoms with Crippen LogP contribution in [0.25, 0.3) is 5.76 Å². The summed E-state index contributed by atoms with van der Waals surface area (Å²) in [4.78, 5) is 32.1. The van der Waals surface area contributed by atoms with Crippen LogP contribution in [0.15, 0.2) is 78.6 Å². The van der Waals surface area contributed by atoms with E-state index >= 15 is 0 Å². The molecule has 3 aromatic rings. The number of aliphatic hydroxyl groups excluding tert-OH is 1. The molecule has 6 nitrogen and oxygen atoms in total. The van der Waals surface area contributed by atoms with Crippen LogP contribution in [0.2, 0.25) is 0 Å². The zero-order chi connectivity index (χ0) is 24.9. The van der Waals surface area contributed by atoms with E-state index in [-0.39, 0.29) is 17.9 Å². The molecule has 0 aliphatic carbocycles. The lowest BCUT2D eigenvalue weighted by molar-refractivity contribution is -0.140. The van der Waals surface area contributed by atoms with Gasteiger partial charge in [-0.25, -0.2) is 0 Å². The van der Waals surface area contributed by atoms with E-state index in [1.807, 2.05) is 43.3 Å². The Morgan fingerprint density at radius 2 is 1.77 bits per heavy atom. The number of ether oxygens (including phenoxy) is 1. The van der Waals surface area contributed by atoms with Crippen molar-refractivity contribution >= 4 is 17.4 Å². The lowest BCUT2D eigenvalue weighted by Gasteiger charge is -2.26. The van der Waals surface area contributed by atoms with Gasteiger partial charge in [0.25, 0.3) is 11.7 Å². The third-order valence-corrected chi connectivity index (χ3v) is 6.14. The van der Waals surface area contributed by atoms with Gasteiger partial charge in [0.2, 0.25) is 0 Å². The molecule has 1 aromatic heterocycles. The largest absolute Gasteiger partial charge is 0.507 e. The fourth-order valence-corrected chi connectivity index (χ4v) is 4.25. The second-order valence-corrected chi connectivity index (χ2v) is 8.98. The van der Waals surface area contributed by atoms with Gasteiger partial charge in [0.05, 0.1) is 18.2 Å². The Bertz CT molecular complexity index is 1230. The van der Waals surface area contributed by atoms with E-state index < -0.39 is 17.7 Å². The first-order valence-electron chi connectivity index (χ1n) is 11.9. The quantitative estimate of drug-likeness (QED) is 0.263. The monoisotopic (exact) mass is 470 g/mol. The van der Waals surface area contributed by atoms with Crippen molar-refractivity contribution < 1.29 is 19.4 Å². The molecule has 4 rings (SSSR count). The van der Waals surface area contributed by atoms with E-state index in [9.17, 15) is 14.7 Å². The van der Waals surface area contributed by atoms with Crippen molar-refractivity contribution in [2.75, 3.05) is 6.61 Å². The van der Waals surface area contributed by atoms with Crippen molar-refractivity contribution in [2.45, 2.75) is 45.7 Å². The Morgan fingerprint density at radius 1 is 1.06 bits per heavy atom. The van der Waals surface area contributed by atoms with Crippen molar-refractivity contribution in [1.29, 1.82) is 0 Å². The molecule has 180 valence electrons. The smallest absolute Gasteiger partial charge is 0.295 e. The predicted octanol–water partition coefficient (Wildman–Crippen LogP) is 5.62. The van der Waals surface area contributed by atoms with E-state index in [1.165, 1.54) is 4.90 Å². The van der Waals surface area contributed by atoms with Gasteiger partial charge in [-0.3, -0.25) is 14.6 Å². The van der Waals surface area contributed by atoms with Crippen molar-refractivity contribution in [3.05, 3.63) is 101 Å². The normalized spacial score (nSPS) is 17.3. The van der Waals surface area contributed by atoms with Crippen molar-refractivity contribution in [1.82, 2.24) is 9.88 Å². The molecule has 1 unspecified atom stereocenters. The Balaban J connectivity index is 1.82. The number of benzene rings is 2. The summed E-state index contributed by atoms with van der Waals surface area (Å²) in [6, 6.07) is 17.8. The Kier molecular flexibility index (Phi) is 7.30. The fraction of sp³-hybridized carbons (Fsp3) is 0.276. The Labute approximate surface area is 205 Å². The summed E-state index contributed by atoms with van der Waals surface area (Å²) in [6.45, 7) is 7.00. The summed E-state index contributed by atoms with van der Waals surface area (Å²) in [7, 11) is 0. The predicted molar refractivity (Wildman–Crippen MR) is 135 cm³/mol. The van der Waals surface area contributed by atoms with Crippen LogP contribution in [0.5, 0.6) is 5.75 Å². The number of amides is 1. The topological polar surface area (TPSA) is 79.7 Å². The first-order valence-corrected chi connectivity index (χ1v) is 11.9. The average molecular weight is 471 g/mol. The minimum atomic E-state index is -0.718. The van der Waals surface area contributed by atoms with Crippen LogP contribution >= 0.6 is 0 Å². The standard InChI is InChI=1S/C29H30N2O4/c1-4-16-35-24-7-5-6-23(17-24)27(32)25-26(22-10-8-21(9-11-22)19(2)3)31(29(34)28(25)33)18-20-12-14-30-15-13-20/h5-15,17,19,26,32H,4,16,18H2,1-3H3/b27-25-. The summed E-state index contributed by atoms with van der Waals surface area (Å²) < 4.78 is 5.70. The van der Waals surface area contributed by atoms with Gasteiger partial charge in [0.1, 0.15) is 11.5 Å². The molecule has 1 saturated heterocycles. The maximum Gasteiger partial charge on any atom is 0.295 e. The van der Waals surface area contributed by atoms with Crippen LogP contribution < -0.4 is 4.74 Å². The molecule has 1 aliphatic rings. The summed E-state index contributed by atoms with van der Waals surface area (Å²) in [5.41, 5.74) is 3.28. The van der Waals surface area contributed by atoms with Crippen molar-refractivity contribution in [3.8, 4) is 5.75 Å². The van der Waals surface area contributed by atoms with Gasteiger partial charge in [-0.2, -0.15) is 0 Å². The number of pyridine rings is 1. The summed E-state index contributed by atoms with van der Waals surface area (Å²) in [6.07, 6.45) is 4.16. The molecule has 1 N–H and O–H groups in total. The van der Waals surface area contributed by atoms with E-state index in [0.717, 1.165) is 23.1 Å². The van der Waals surface area contributed by atoms with E-state index in [2.05, 4.69) is 18.8 Å². The highest BCUT2D eigenvalue weighted by molar-refractivity contribution is 6.46. The van der Waals surface area contributed by atoms with E-state index in [0.29, 0.717) is 23.8 Å². The molecule has 6 heteroatoms. The third-order valence-electron chi connectivity index (χ3n) is 6.14. The third kappa shape index (κ3) is 5.11. The average Bonchev–Trinajstić information content (AvgIpc) is 3.12. The van der Waals surface area contributed by atoms with Gasteiger partial charge in [-0.1, -0.05) is 57.2 Å². The van der Waals surface area contributed by atoms with Gasteiger partial charge in [-0.15, -0.1) is 0 Å². The maximum atomic E-state index is 13.3. The van der Waals surface area contributed by atoms with Gasteiger partial charge in [0.15, 0.2) is 0 Å². The molecule has 0 radical (unpaired) electrons. The van der Waals surface area contributed by atoms with Crippen LogP contribution in [-0.2, 0) is 16.1 Å². The van der Waals surface area contributed by atoms with Gasteiger partial charge < -0.3 is 14.7 Å². The highest BCUT2D eigenvalue weighted by atomic mass is 16.5. The summed E-state index contributed by atoms with van der Waals surface area (Å²) >= 11 is 0. The van der Waals surface area contributed by atoms with Crippen LogP contribution in [0.1, 0.15) is 61.4 Å². The molecule has 0 saturated carbocycles. The van der Waals surface area contributed by atoms with Gasteiger partial charge >= 0.3 is 0 Å². The SMILES string of the molecule is CCCOc1cccc(/C(O)=C2/C(=O)C(=O)N(Cc3ccncc3)C2c2ccc(C(C)C)cc2)c1. The number of aromatic nitrogens is 1. The van der Waals surface area contributed by atoms with E-state index in [4.69, 9.17) is 4.74 Å². The number of hydrogen-bond donors (Lipinski definition) is 1. The Morgan fingerprint density at radius 3 is 2.43 bits per heavy atom. The minimum Gasteiger partial charge on any atom is -0.507 e. The number of rotatable bonds is 8. The molecular weight excluding hydrogens is 440 g/mol. The van der Waals surface area contributed by atoms with Crippen molar-refractivity contribution in [2.24, 2.45) is 0 Å². The van der Waals surface area contributed by atoms with Gasteiger partial charge in [0, 0.05) is 24.5 Å². The second kappa shape index (κ2) is 10.6. The zero-order valence-electron chi connectivity index (χ0n) is 20.3. The second-order valence-electron chi connectivity index (χ2n) is 8.98. The highest BCUT2D eigenvalue weighted by Crippen LogP contribution is 2.40. The molecule has 2 aromatic carbocycles. The first kappa shape index (κ1) is 24.2. The molecule has 1 atom stereocenters. The number of nitrogens with zero attached hydrogens (tertiary/aromatic N) is 2. The number of carbonyl (C=O) groups excluding carboxylic acids is 2. The van der Waals surface area contributed by atoms with Crippen LogP contribution in [0.3, 0.4) is 0 Å². The number of likely N-dealkylation sites (tertiary alicyclic amines) is 1. The number of Topliss-reactive ketones (excluding diaryl/α,β-unsaturated/α-hetero) is 1. The molecule has 1 amide bonds. The molecule has 0 spiro atoms. The fourth-order valence-electron chi connectivity index (χ4n) is 4.25.